The molecule has 24 heavy (non-hydrogen) atoms. The van der Waals surface area contributed by atoms with Gasteiger partial charge >= 0.3 is 0 Å². The largest absolute Gasteiger partial charge is 0.389 e. The zero-order chi connectivity index (χ0) is 16.1. The summed E-state index contributed by atoms with van der Waals surface area (Å²) in [4.78, 5) is 18.6. The highest BCUT2D eigenvalue weighted by Crippen LogP contribution is 2.41. The van der Waals surface area contributed by atoms with E-state index >= 15 is 0 Å². The summed E-state index contributed by atoms with van der Waals surface area (Å²) < 4.78 is 0. The maximum absolute atomic E-state index is 9.73. The summed E-state index contributed by atoms with van der Waals surface area (Å²) in [5.74, 6) is 1.72. The van der Waals surface area contributed by atoms with Crippen LogP contribution in [0, 0.1) is 0 Å². The Morgan fingerprint density at radius 1 is 1.17 bits per heavy atom. The molecule has 1 saturated heterocycles. The third kappa shape index (κ3) is 2.21. The second-order valence-electron chi connectivity index (χ2n) is 6.56. The van der Waals surface area contributed by atoms with E-state index in [1.807, 2.05) is 29.7 Å². The molecule has 5 nitrogen and oxygen atoms in total. The van der Waals surface area contributed by atoms with Crippen LogP contribution in [0.5, 0.6) is 0 Å². The number of thiophene rings is 1. The van der Waals surface area contributed by atoms with Crippen molar-refractivity contribution in [2.24, 2.45) is 0 Å². The Balaban J connectivity index is 1.73. The minimum Gasteiger partial charge on any atom is -0.389 e. The van der Waals surface area contributed by atoms with Crippen molar-refractivity contribution in [2.45, 2.75) is 31.8 Å². The van der Waals surface area contributed by atoms with E-state index in [4.69, 9.17) is 9.97 Å². The number of aryl methyl sites for hydroxylation is 2. The molecule has 1 aliphatic carbocycles. The number of rotatable bonds is 2. The van der Waals surface area contributed by atoms with Gasteiger partial charge in [-0.15, -0.1) is 11.3 Å². The quantitative estimate of drug-likeness (QED) is 0.778. The molecule has 0 radical (unpaired) electrons. The lowest BCUT2D eigenvalue weighted by molar-refractivity contribution is 0.141. The first-order chi connectivity index (χ1) is 11.8. The number of hydrogen-bond donors (Lipinski definition) is 1. The summed E-state index contributed by atoms with van der Waals surface area (Å²) in [6.45, 7) is 1.31. The minimum atomic E-state index is -0.244. The van der Waals surface area contributed by atoms with Crippen molar-refractivity contribution in [1.29, 1.82) is 0 Å². The van der Waals surface area contributed by atoms with Gasteiger partial charge in [-0.3, -0.25) is 4.98 Å². The number of pyridine rings is 1. The molecule has 4 heterocycles. The molecule has 0 spiro atoms. The van der Waals surface area contributed by atoms with Crippen molar-refractivity contribution < 1.29 is 5.11 Å². The van der Waals surface area contributed by atoms with Crippen molar-refractivity contribution in [3.63, 3.8) is 0 Å². The third-order valence-electron chi connectivity index (χ3n) is 4.88. The van der Waals surface area contributed by atoms with Crippen LogP contribution >= 0.6 is 11.3 Å². The Bertz CT molecular complexity index is 902. The van der Waals surface area contributed by atoms with Gasteiger partial charge in [0.05, 0.1) is 11.5 Å². The second kappa shape index (κ2) is 5.50. The summed E-state index contributed by atoms with van der Waals surface area (Å²) in [5.41, 5.74) is 2.38. The van der Waals surface area contributed by atoms with E-state index in [-0.39, 0.29) is 6.10 Å². The van der Waals surface area contributed by atoms with Crippen molar-refractivity contribution in [3.8, 4) is 11.4 Å². The first-order valence-electron chi connectivity index (χ1n) is 8.45. The summed E-state index contributed by atoms with van der Waals surface area (Å²) in [6.07, 6.45) is 8.11. The molecule has 0 aromatic carbocycles. The van der Waals surface area contributed by atoms with Crippen LogP contribution in [0.15, 0.2) is 24.5 Å². The smallest absolute Gasteiger partial charge is 0.164 e. The second-order valence-corrected chi connectivity index (χ2v) is 7.65. The van der Waals surface area contributed by atoms with E-state index < -0.39 is 0 Å². The highest BCUT2D eigenvalue weighted by atomic mass is 32.1. The van der Waals surface area contributed by atoms with E-state index in [0.717, 1.165) is 34.9 Å². The van der Waals surface area contributed by atoms with Crippen LogP contribution in [0.1, 0.15) is 23.3 Å². The van der Waals surface area contributed by atoms with Crippen molar-refractivity contribution >= 4 is 27.4 Å². The van der Waals surface area contributed by atoms with Crippen LogP contribution in [-0.2, 0) is 12.8 Å². The van der Waals surface area contributed by atoms with E-state index in [1.165, 1.54) is 28.7 Å². The summed E-state index contributed by atoms with van der Waals surface area (Å²) in [5, 5.41) is 11.0. The fourth-order valence-corrected chi connectivity index (χ4v) is 4.88. The predicted molar refractivity (Wildman–Crippen MR) is 95.5 cm³/mol. The lowest BCUT2D eigenvalue weighted by atomic mass is 9.96. The lowest BCUT2D eigenvalue weighted by Crippen LogP contribution is -2.51. The van der Waals surface area contributed by atoms with E-state index in [2.05, 4.69) is 9.88 Å². The molecule has 0 amide bonds. The molecule has 0 bridgehead atoms. The number of β-amino-alcohol motifs (C(OH)–C–C–N with tert-alkyl or cyclic N) is 1. The van der Waals surface area contributed by atoms with Gasteiger partial charge in [-0.05, 0) is 43.4 Å². The molecule has 1 N–H and O–H groups in total. The molecule has 5 rings (SSSR count). The maximum atomic E-state index is 9.73. The van der Waals surface area contributed by atoms with E-state index in [1.54, 1.807) is 6.20 Å². The fraction of sp³-hybridized carbons (Fsp3) is 0.389. The van der Waals surface area contributed by atoms with Crippen LogP contribution in [-0.4, -0.2) is 39.3 Å². The summed E-state index contributed by atoms with van der Waals surface area (Å²) in [6, 6.07) is 3.91. The van der Waals surface area contributed by atoms with Gasteiger partial charge in [0.25, 0.3) is 0 Å². The van der Waals surface area contributed by atoms with Gasteiger partial charge < -0.3 is 10.0 Å². The van der Waals surface area contributed by atoms with Gasteiger partial charge in [0.2, 0.25) is 0 Å². The number of aliphatic hydroxyl groups excluding tert-OH is 1. The van der Waals surface area contributed by atoms with Crippen molar-refractivity contribution in [2.75, 3.05) is 18.0 Å². The van der Waals surface area contributed by atoms with Crippen LogP contribution in [0.2, 0.25) is 0 Å². The van der Waals surface area contributed by atoms with Crippen molar-refractivity contribution in [3.05, 3.63) is 35.0 Å². The Hall–Kier alpha value is -2.05. The van der Waals surface area contributed by atoms with Crippen LogP contribution < -0.4 is 4.90 Å². The van der Waals surface area contributed by atoms with Gasteiger partial charge in [-0.1, -0.05) is 0 Å². The van der Waals surface area contributed by atoms with Crippen LogP contribution in [0.25, 0.3) is 21.6 Å². The predicted octanol–water partition coefficient (Wildman–Crippen LogP) is 2.81. The summed E-state index contributed by atoms with van der Waals surface area (Å²) in [7, 11) is 0. The molecule has 3 aromatic rings. The molecule has 2 aliphatic rings. The minimum absolute atomic E-state index is 0.244. The molecule has 3 aromatic heterocycles. The molecule has 0 saturated carbocycles. The lowest BCUT2D eigenvalue weighted by Gasteiger charge is -2.37. The maximum Gasteiger partial charge on any atom is 0.164 e. The zero-order valence-corrected chi connectivity index (χ0v) is 14.1. The molecule has 6 heteroatoms. The molecular formula is C18H18N4OS. The normalized spacial score (nSPS) is 17.8. The molecule has 0 atom stereocenters. The molecule has 1 fully saturated rings. The molecule has 0 unspecified atom stereocenters. The fourth-order valence-electron chi connectivity index (χ4n) is 3.62. The topological polar surface area (TPSA) is 62.1 Å². The number of nitrogens with zero attached hydrogens (tertiary/aromatic N) is 4. The molecular weight excluding hydrogens is 320 g/mol. The summed E-state index contributed by atoms with van der Waals surface area (Å²) >= 11 is 1.81. The molecule has 122 valence electrons. The zero-order valence-electron chi connectivity index (χ0n) is 13.3. The number of fused-ring (bicyclic) bond motifs is 3. The van der Waals surface area contributed by atoms with Gasteiger partial charge in [0.1, 0.15) is 10.6 Å². The van der Waals surface area contributed by atoms with Crippen LogP contribution in [0.3, 0.4) is 0 Å². The van der Waals surface area contributed by atoms with Crippen LogP contribution in [0.4, 0.5) is 5.82 Å². The van der Waals surface area contributed by atoms with Gasteiger partial charge in [-0.25, -0.2) is 9.97 Å². The Labute approximate surface area is 144 Å². The van der Waals surface area contributed by atoms with Gasteiger partial charge in [-0.2, -0.15) is 0 Å². The highest BCUT2D eigenvalue weighted by Gasteiger charge is 2.30. The Kier molecular flexibility index (Phi) is 3.28. The van der Waals surface area contributed by atoms with E-state index in [9.17, 15) is 5.11 Å². The van der Waals surface area contributed by atoms with Gasteiger partial charge in [0.15, 0.2) is 5.82 Å². The first-order valence-corrected chi connectivity index (χ1v) is 9.27. The monoisotopic (exact) mass is 338 g/mol. The standard InChI is InChI=1S/C18H18N4OS/c23-12-9-22(10-12)17-15-13-5-1-2-6-14(13)24-18(15)21-16(20-17)11-4-3-7-19-8-11/h3-4,7-8,12,23H,1-2,5-6,9-10H2. The highest BCUT2D eigenvalue weighted by molar-refractivity contribution is 7.19. The first kappa shape index (κ1) is 14.3. The third-order valence-corrected chi connectivity index (χ3v) is 6.06. The SMILES string of the molecule is OC1CN(c2nc(-c3cccnc3)nc3sc4c(c23)CCCC4)C1. The number of aliphatic hydroxyl groups is 1. The van der Waals surface area contributed by atoms with Crippen molar-refractivity contribution in [1.82, 2.24) is 15.0 Å². The number of aromatic nitrogens is 3. The number of anilines is 1. The molecule has 1 aliphatic heterocycles. The van der Waals surface area contributed by atoms with E-state index in [0.29, 0.717) is 13.1 Å². The average Bonchev–Trinajstić information content (AvgIpc) is 2.97. The number of hydrogen-bond acceptors (Lipinski definition) is 6. The Morgan fingerprint density at radius 2 is 2.04 bits per heavy atom. The Morgan fingerprint density at radius 3 is 2.83 bits per heavy atom. The average molecular weight is 338 g/mol. The van der Waals surface area contributed by atoms with Gasteiger partial charge in [0, 0.05) is 35.9 Å².